The molecule has 4 rings (SSSR count). The monoisotopic (exact) mass is 350 g/mol. The van der Waals surface area contributed by atoms with Crippen LogP contribution in [0.25, 0.3) is 0 Å². The van der Waals surface area contributed by atoms with Gasteiger partial charge in [-0.15, -0.1) is 0 Å². The Hall–Kier alpha value is -2.33. The summed E-state index contributed by atoms with van der Waals surface area (Å²) in [6, 6.07) is 15.4. The van der Waals surface area contributed by atoms with Crippen molar-refractivity contribution in [3.05, 3.63) is 59.2 Å². The first kappa shape index (κ1) is 17.1. The number of likely N-dealkylation sites (tertiary alicyclic amines) is 1. The molecule has 136 valence electrons. The van der Waals surface area contributed by atoms with Crippen LogP contribution in [0.2, 0.25) is 0 Å². The van der Waals surface area contributed by atoms with Crippen LogP contribution in [0.15, 0.2) is 42.5 Å². The number of hydrogen-bond donors (Lipinski definition) is 1. The second kappa shape index (κ2) is 7.50. The molecule has 0 radical (unpaired) electrons. The van der Waals surface area contributed by atoms with E-state index in [1.807, 2.05) is 12.1 Å². The molecule has 1 amide bonds. The number of carbonyl (C=O) groups excluding carboxylic acids is 1. The smallest absolute Gasteiger partial charge is 0.224 e. The molecule has 0 saturated carbocycles. The quantitative estimate of drug-likeness (QED) is 0.883. The number of anilines is 1. The van der Waals surface area contributed by atoms with Crippen molar-refractivity contribution in [3.63, 3.8) is 0 Å². The number of fused-ring (bicyclic) bond motifs is 1. The number of rotatable bonds is 5. The van der Waals surface area contributed by atoms with Crippen LogP contribution in [0.3, 0.4) is 0 Å². The Morgan fingerprint density at radius 2 is 2.00 bits per heavy atom. The van der Waals surface area contributed by atoms with E-state index in [1.165, 1.54) is 29.5 Å². The molecule has 0 aromatic heterocycles. The van der Waals surface area contributed by atoms with E-state index in [-0.39, 0.29) is 5.91 Å². The number of amides is 1. The maximum Gasteiger partial charge on any atom is 0.224 e. The summed E-state index contributed by atoms with van der Waals surface area (Å²) in [7, 11) is 0. The van der Waals surface area contributed by atoms with Gasteiger partial charge in [0.15, 0.2) is 0 Å². The van der Waals surface area contributed by atoms with Crippen LogP contribution in [-0.2, 0) is 11.2 Å². The Kier molecular flexibility index (Phi) is 4.93. The topological polar surface area (TPSA) is 41.6 Å². The van der Waals surface area contributed by atoms with Gasteiger partial charge in [-0.2, -0.15) is 0 Å². The molecular formula is C22H26N2O2. The molecule has 0 spiro atoms. The molecular weight excluding hydrogens is 324 g/mol. The Balaban J connectivity index is 1.34. The zero-order valence-electron chi connectivity index (χ0n) is 15.3. The number of carbonyl (C=O) groups is 1. The highest BCUT2D eigenvalue weighted by Crippen LogP contribution is 2.32. The first-order valence-corrected chi connectivity index (χ1v) is 9.55. The van der Waals surface area contributed by atoms with Crippen molar-refractivity contribution < 1.29 is 9.53 Å². The zero-order chi connectivity index (χ0) is 17.9. The molecule has 1 atom stereocenters. The fourth-order valence-electron chi connectivity index (χ4n) is 3.99. The molecule has 26 heavy (non-hydrogen) atoms. The number of nitrogens with zero attached hydrogens (tertiary/aromatic N) is 1. The van der Waals surface area contributed by atoms with E-state index in [2.05, 4.69) is 47.5 Å². The van der Waals surface area contributed by atoms with Crippen LogP contribution in [0, 0.1) is 6.92 Å². The maximum atomic E-state index is 11.4. The highest BCUT2D eigenvalue weighted by molar-refractivity contribution is 5.93. The van der Waals surface area contributed by atoms with Gasteiger partial charge in [0.1, 0.15) is 12.4 Å². The van der Waals surface area contributed by atoms with Crippen LogP contribution in [0.4, 0.5) is 5.69 Å². The molecule has 2 aromatic rings. The van der Waals surface area contributed by atoms with Gasteiger partial charge in [-0.25, -0.2) is 0 Å². The van der Waals surface area contributed by atoms with Gasteiger partial charge < -0.3 is 10.1 Å². The average Bonchev–Trinajstić information content (AvgIpc) is 3.11. The van der Waals surface area contributed by atoms with Gasteiger partial charge in [0.25, 0.3) is 0 Å². The number of benzene rings is 2. The second-order valence-corrected chi connectivity index (χ2v) is 7.32. The van der Waals surface area contributed by atoms with Crippen LogP contribution in [0.1, 0.15) is 42.0 Å². The normalized spacial score (nSPS) is 19.9. The molecule has 2 aromatic carbocycles. The second-order valence-electron chi connectivity index (χ2n) is 7.32. The van der Waals surface area contributed by atoms with E-state index >= 15 is 0 Å². The van der Waals surface area contributed by atoms with Gasteiger partial charge in [-0.3, -0.25) is 9.69 Å². The third-order valence-electron chi connectivity index (χ3n) is 5.45. The third-order valence-corrected chi connectivity index (χ3v) is 5.45. The minimum atomic E-state index is 0.0994. The van der Waals surface area contributed by atoms with Gasteiger partial charge in [0, 0.05) is 24.7 Å². The first-order valence-electron chi connectivity index (χ1n) is 9.55. The van der Waals surface area contributed by atoms with E-state index < -0.39 is 0 Å². The van der Waals surface area contributed by atoms with Crippen LogP contribution < -0.4 is 10.1 Å². The van der Waals surface area contributed by atoms with Crippen molar-refractivity contribution in [3.8, 4) is 5.75 Å². The van der Waals surface area contributed by atoms with Crippen LogP contribution in [-0.4, -0.2) is 30.5 Å². The lowest BCUT2D eigenvalue weighted by Crippen LogP contribution is -2.28. The summed E-state index contributed by atoms with van der Waals surface area (Å²) in [6.45, 7) is 4.89. The molecule has 1 saturated heterocycles. The summed E-state index contributed by atoms with van der Waals surface area (Å²) in [6.07, 6.45) is 3.82. The SMILES string of the molecule is Cc1ccc(C2CCCN2CCOc2ccc3c(c2)CCC(=O)N3)cc1. The van der Waals surface area contributed by atoms with E-state index in [1.54, 1.807) is 0 Å². The van der Waals surface area contributed by atoms with E-state index in [0.29, 0.717) is 19.1 Å². The van der Waals surface area contributed by atoms with Crippen LogP contribution in [0.5, 0.6) is 5.75 Å². The van der Waals surface area contributed by atoms with Gasteiger partial charge in [0.2, 0.25) is 5.91 Å². The van der Waals surface area contributed by atoms with Gasteiger partial charge in [-0.1, -0.05) is 29.8 Å². The number of hydrogen-bond acceptors (Lipinski definition) is 3. The van der Waals surface area contributed by atoms with Gasteiger partial charge in [-0.05, 0) is 62.1 Å². The molecule has 2 heterocycles. The molecule has 2 aliphatic heterocycles. The lowest BCUT2D eigenvalue weighted by Gasteiger charge is -2.25. The Bertz CT molecular complexity index is 785. The number of aryl methyl sites for hydroxylation is 2. The van der Waals surface area contributed by atoms with Crippen molar-refractivity contribution in [1.82, 2.24) is 4.90 Å². The minimum Gasteiger partial charge on any atom is -0.492 e. The largest absolute Gasteiger partial charge is 0.492 e. The predicted molar refractivity (Wildman–Crippen MR) is 104 cm³/mol. The highest BCUT2D eigenvalue weighted by atomic mass is 16.5. The molecule has 2 aliphatic rings. The van der Waals surface area contributed by atoms with Crippen LogP contribution >= 0.6 is 0 Å². The van der Waals surface area contributed by atoms with E-state index in [9.17, 15) is 4.79 Å². The van der Waals surface area contributed by atoms with Gasteiger partial charge >= 0.3 is 0 Å². The Morgan fingerprint density at radius 1 is 1.15 bits per heavy atom. The molecule has 1 fully saturated rings. The predicted octanol–water partition coefficient (Wildman–Crippen LogP) is 4.10. The van der Waals surface area contributed by atoms with Crippen molar-refractivity contribution in [2.24, 2.45) is 0 Å². The lowest BCUT2D eigenvalue weighted by molar-refractivity contribution is -0.116. The standard InChI is InChI=1S/C22H26N2O2/c1-16-4-6-17(7-5-16)21-3-2-12-24(21)13-14-26-19-9-10-20-18(15-19)8-11-22(25)23-20/h4-7,9-10,15,21H,2-3,8,11-14H2,1H3,(H,23,25). The van der Waals surface area contributed by atoms with Crippen molar-refractivity contribution in [1.29, 1.82) is 0 Å². The maximum absolute atomic E-state index is 11.4. The molecule has 0 aliphatic carbocycles. The summed E-state index contributed by atoms with van der Waals surface area (Å²) >= 11 is 0. The first-order chi connectivity index (χ1) is 12.7. The number of nitrogens with one attached hydrogen (secondary N) is 1. The Labute approximate surface area is 155 Å². The van der Waals surface area contributed by atoms with Crippen molar-refractivity contribution in [2.45, 2.75) is 38.6 Å². The summed E-state index contributed by atoms with van der Waals surface area (Å²) in [5, 5.41) is 2.91. The lowest BCUT2D eigenvalue weighted by atomic mass is 10.0. The molecule has 0 bridgehead atoms. The summed E-state index contributed by atoms with van der Waals surface area (Å²) in [5.41, 5.74) is 4.82. The van der Waals surface area contributed by atoms with E-state index in [4.69, 9.17) is 4.74 Å². The average molecular weight is 350 g/mol. The third kappa shape index (κ3) is 3.75. The Morgan fingerprint density at radius 3 is 2.85 bits per heavy atom. The minimum absolute atomic E-state index is 0.0994. The van der Waals surface area contributed by atoms with E-state index in [0.717, 1.165) is 30.9 Å². The molecule has 4 nitrogen and oxygen atoms in total. The zero-order valence-corrected chi connectivity index (χ0v) is 15.3. The van der Waals surface area contributed by atoms with Crippen molar-refractivity contribution in [2.75, 3.05) is 25.0 Å². The fourth-order valence-corrected chi connectivity index (χ4v) is 3.99. The molecule has 4 heteroatoms. The number of ether oxygens (including phenoxy) is 1. The van der Waals surface area contributed by atoms with Crippen molar-refractivity contribution >= 4 is 11.6 Å². The summed E-state index contributed by atoms with van der Waals surface area (Å²) in [5.74, 6) is 0.994. The summed E-state index contributed by atoms with van der Waals surface area (Å²) in [4.78, 5) is 14.0. The molecule has 1 N–H and O–H groups in total. The fraction of sp³-hybridized carbons (Fsp3) is 0.409. The summed E-state index contributed by atoms with van der Waals surface area (Å²) < 4.78 is 6.01. The molecule has 1 unspecified atom stereocenters. The van der Waals surface area contributed by atoms with Gasteiger partial charge in [0.05, 0.1) is 0 Å². The highest BCUT2D eigenvalue weighted by Gasteiger charge is 2.25.